The zero-order chi connectivity index (χ0) is 16.3. The van der Waals surface area contributed by atoms with Gasteiger partial charge in [-0.25, -0.2) is 0 Å². The second kappa shape index (κ2) is 6.26. The molecule has 0 aliphatic heterocycles. The number of hydrogen-bond acceptors (Lipinski definition) is 4. The fourth-order valence-electron chi connectivity index (χ4n) is 2.16. The summed E-state index contributed by atoms with van der Waals surface area (Å²) in [5, 5.41) is 23.3. The minimum absolute atomic E-state index is 0.0476. The van der Waals surface area contributed by atoms with Crippen LogP contribution in [0.4, 0.5) is 11.4 Å². The molecule has 0 saturated carbocycles. The van der Waals surface area contributed by atoms with Gasteiger partial charge in [-0.15, -0.1) is 0 Å². The Morgan fingerprint density at radius 3 is 2.68 bits per heavy atom. The number of amides is 1. The fourth-order valence-corrected chi connectivity index (χ4v) is 2.16. The number of carbonyl (C=O) groups is 1. The third kappa shape index (κ3) is 3.06. The fraction of sp³-hybridized carbons (Fsp3) is 0.188. The van der Waals surface area contributed by atoms with Gasteiger partial charge in [0.15, 0.2) is 0 Å². The molecule has 0 heterocycles. The smallest absolute Gasteiger partial charge is 0.273 e. The highest BCUT2D eigenvalue weighted by Crippen LogP contribution is 2.27. The average Bonchev–Trinajstić information content (AvgIpc) is 2.49. The standard InChI is InChI=1S/C16H16N2O4/c1-3-11-7-8-15(19)13(9-11)17-16(20)12-5-4-6-14(10(12)2)18(21)22/h4-9,19H,3H2,1-2H3,(H,17,20). The van der Waals surface area contributed by atoms with Crippen LogP contribution in [-0.4, -0.2) is 15.9 Å². The number of rotatable bonds is 4. The van der Waals surface area contributed by atoms with Crippen molar-refractivity contribution >= 4 is 17.3 Å². The van der Waals surface area contributed by atoms with Crippen LogP contribution in [0.15, 0.2) is 36.4 Å². The van der Waals surface area contributed by atoms with Gasteiger partial charge in [-0.3, -0.25) is 14.9 Å². The Labute approximate surface area is 127 Å². The van der Waals surface area contributed by atoms with Crippen molar-refractivity contribution < 1.29 is 14.8 Å². The predicted octanol–water partition coefficient (Wildman–Crippen LogP) is 3.42. The maximum atomic E-state index is 12.3. The van der Waals surface area contributed by atoms with Crippen molar-refractivity contribution in [1.29, 1.82) is 0 Å². The second-order valence-electron chi connectivity index (χ2n) is 4.87. The number of nitro benzene ring substituents is 1. The summed E-state index contributed by atoms with van der Waals surface area (Å²) in [5.41, 5.74) is 1.63. The lowest BCUT2D eigenvalue weighted by molar-refractivity contribution is -0.385. The topological polar surface area (TPSA) is 92.5 Å². The van der Waals surface area contributed by atoms with Crippen LogP contribution in [-0.2, 0) is 6.42 Å². The number of carbonyl (C=O) groups excluding carboxylic acids is 1. The first kappa shape index (κ1) is 15.5. The van der Waals surface area contributed by atoms with E-state index < -0.39 is 10.8 Å². The van der Waals surface area contributed by atoms with Gasteiger partial charge in [0.05, 0.1) is 10.6 Å². The molecule has 6 nitrogen and oxygen atoms in total. The Kier molecular flexibility index (Phi) is 4.41. The number of nitro groups is 1. The van der Waals surface area contributed by atoms with Crippen LogP contribution in [0.2, 0.25) is 0 Å². The van der Waals surface area contributed by atoms with Crippen molar-refractivity contribution in [2.45, 2.75) is 20.3 Å². The zero-order valence-electron chi connectivity index (χ0n) is 12.3. The minimum atomic E-state index is -0.526. The van der Waals surface area contributed by atoms with Crippen LogP contribution in [0.5, 0.6) is 5.75 Å². The van der Waals surface area contributed by atoms with Crippen molar-refractivity contribution in [3.8, 4) is 5.75 Å². The van der Waals surface area contributed by atoms with Crippen LogP contribution < -0.4 is 5.32 Å². The molecule has 2 N–H and O–H groups in total. The predicted molar refractivity (Wildman–Crippen MR) is 83.3 cm³/mol. The van der Waals surface area contributed by atoms with E-state index in [4.69, 9.17) is 0 Å². The number of nitrogens with one attached hydrogen (secondary N) is 1. The van der Waals surface area contributed by atoms with Gasteiger partial charge in [0, 0.05) is 17.2 Å². The van der Waals surface area contributed by atoms with E-state index in [1.54, 1.807) is 12.1 Å². The van der Waals surface area contributed by atoms with Crippen LogP contribution in [0.1, 0.15) is 28.4 Å². The van der Waals surface area contributed by atoms with Crippen molar-refractivity contribution in [3.63, 3.8) is 0 Å². The number of benzene rings is 2. The first-order chi connectivity index (χ1) is 10.4. The largest absolute Gasteiger partial charge is 0.506 e. The Bertz CT molecular complexity index is 741. The lowest BCUT2D eigenvalue weighted by Crippen LogP contribution is -2.14. The van der Waals surface area contributed by atoms with Crippen LogP contribution in [0.3, 0.4) is 0 Å². The van der Waals surface area contributed by atoms with Crippen LogP contribution in [0.25, 0.3) is 0 Å². The number of nitrogens with zero attached hydrogens (tertiary/aromatic N) is 1. The van der Waals surface area contributed by atoms with E-state index in [0.717, 1.165) is 12.0 Å². The number of aromatic hydroxyl groups is 1. The van der Waals surface area contributed by atoms with E-state index >= 15 is 0 Å². The molecule has 0 aliphatic rings. The molecular weight excluding hydrogens is 284 g/mol. The summed E-state index contributed by atoms with van der Waals surface area (Å²) in [7, 11) is 0. The average molecular weight is 300 g/mol. The summed E-state index contributed by atoms with van der Waals surface area (Å²) >= 11 is 0. The monoisotopic (exact) mass is 300 g/mol. The Hall–Kier alpha value is -2.89. The number of phenols is 1. The molecule has 0 radical (unpaired) electrons. The highest BCUT2D eigenvalue weighted by atomic mass is 16.6. The molecule has 0 aromatic heterocycles. The maximum Gasteiger partial charge on any atom is 0.273 e. The minimum Gasteiger partial charge on any atom is -0.506 e. The van der Waals surface area contributed by atoms with Gasteiger partial charge in [-0.05, 0) is 37.1 Å². The Morgan fingerprint density at radius 1 is 1.32 bits per heavy atom. The molecular formula is C16H16N2O4. The first-order valence-electron chi connectivity index (χ1n) is 6.81. The highest BCUT2D eigenvalue weighted by molar-refractivity contribution is 6.06. The molecule has 6 heteroatoms. The number of aryl methyl sites for hydroxylation is 1. The van der Waals surface area contributed by atoms with Gasteiger partial charge < -0.3 is 10.4 Å². The maximum absolute atomic E-state index is 12.3. The summed E-state index contributed by atoms with van der Waals surface area (Å²) in [6.45, 7) is 3.48. The molecule has 0 aliphatic carbocycles. The lowest BCUT2D eigenvalue weighted by Gasteiger charge is -2.10. The summed E-state index contributed by atoms with van der Waals surface area (Å²) in [4.78, 5) is 22.7. The molecule has 0 fully saturated rings. The van der Waals surface area contributed by atoms with E-state index in [1.165, 1.54) is 31.2 Å². The van der Waals surface area contributed by atoms with E-state index in [1.807, 2.05) is 6.92 Å². The molecule has 0 atom stereocenters. The van der Waals surface area contributed by atoms with Crippen molar-refractivity contribution in [1.82, 2.24) is 0 Å². The van der Waals surface area contributed by atoms with Gasteiger partial charge in [-0.2, -0.15) is 0 Å². The van der Waals surface area contributed by atoms with Crippen LogP contribution >= 0.6 is 0 Å². The normalized spacial score (nSPS) is 10.3. The summed E-state index contributed by atoms with van der Waals surface area (Å²) < 4.78 is 0. The molecule has 0 spiro atoms. The zero-order valence-corrected chi connectivity index (χ0v) is 12.3. The molecule has 2 aromatic rings. The van der Waals surface area contributed by atoms with Gasteiger partial charge in [0.1, 0.15) is 5.75 Å². The number of hydrogen-bond donors (Lipinski definition) is 2. The quantitative estimate of drug-likeness (QED) is 0.514. The molecule has 0 saturated heterocycles. The molecule has 0 unspecified atom stereocenters. The lowest BCUT2D eigenvalue weighted by atomic mass is 10.1. The number of phenolic OH excluding ortho intramolecular Hbond substituents is 1. The SMILES string of the molecule is CCc1ccc(O)c(NC(=O)c2cccc([N+](=O)[O-])c2C)c1. The molecule has 1 amide bonds. The number of anilines is 1. The van der Waals surface area contributed by atoms with Crippen molar-refractivity contribution in [2.75, 3.05) is 5.32 Å². The molecule has 0 bridgehead atoms. The molecule has 2 aromatic carbocycles. The summed E-state index contributed by atoms with van der Waals surface area (Å²) in [5.74, 6) is -0.543. The molecule has 22 heavy (non-hydrogen) atoms. The summed E-state index contributed by atoms with van der Waals surface area (Å²) in [6.07, 6.45) is 0.763. The van der Waals surface area contributed by atoms with E-state index in [9.17, 15) is 20.0 Å². The Balaban J connectivity index is 2.34. The molecule has 114 valence electrons. The summed E-state index contributed by atoms with van der Waals surface area (Å²) in [6, 6.07) is 9.28. The first-order valence-corrected chi connectivity index (χ1v) is 6.81. The van der Waals surface area contributed by atoms with Gasteiger partial charge in [0.25, 0.3) is 11.6 Å². The van der Waals surface area contributed by atoms with Crippen molar-refractivity contribution in [3.05, 3.63) is 63.2 Å². The van der Waals surface area contributed by atoms with Gasteiger partial charge in [-0.1, -0.05) is 19.1 Å². The highest BCUT2D eigenvalue weighted by Gasteiger charge is 2.18. The van der Waals surface area contributed by atoms with Gasteiger partial charge in [0.2, 0.25) is 0 Å². The van der Waals surface area contributed by atoms with E-state index in [0.29, 0.717) is 0 Å². The third-order valence-corrected chi connectivity index (χ3v) is 3.46. The third-order valence-electron chi connectivity index (χ3n) is 3.46. The van der Waals surface area contributed by atoms with E-state index in [-0.39, 0.29) is 28.3 Å². The van der Waals surface area contributed by atoms with E-state index in [2.05, 4.69) is 5.32 Å². The molecule has 2 rings (SSSR count). The van der Waals surface area contributed by atoms with Crippen LogP contribution in [0, 0.1) is 17.0 Å². The Morgan fingerprint density at radius 2 is 2.05 bits per heavy atom. The second-order valence-corrected chi connectivity index (χ2v) is 4.87. The van der Waals surface area contributed by atoms with Gasteiger partial charge >= 0.3 is 0 Å². The van der Waals surface area contributed by atoms with Crippen molar-refractivity contribution in [2.24, 2.45) is 0 Å².